The van der Waals surface area contributed by atoms with Gasteiger partial charge in [-0.05, 0) is 43.5 Å². The van der Waals surface area contributed by atoms with Crippen molar-refractivity contribution in [2.45, 2.75) is 44.0 Å². The van der Waals surface area contributed by atoms with Crippen molar-refractivity contribution in [2.75, 3.05) is 19.2 Å². The topological polar surface area (TPSA) is 74.0 Å². The van der Waals surface area contributed by atoms with Crippen molar-refractivity contribution in [3.63, 3.8) is 0 Å². The maximum atomic E-state index is 12.4. The van der Waals surface area contributed by atoms with Crippen molar-refractivity contribution in [3.05, 3.63) is 29.3 Å². The maximum absolute atomic E-state index is 12.4. The zero-order valence-electron chi connectivity index (χ0n) is 13.5. The number of ether oxygens (including phenoxy) is 3. The number of amides is 1. The number of rotatable bonds is 4. The van der Waals surface area contributed by atoms with E-state index in [0.717, 1.165) is 24.3 Å². The molecule has 1 aromatic carbocycles. The molecule has 0 heterocycles. The number of anilines is 1. The molecule has 0 bridgehead atoms. The van der Waals surface area contributed by atoms with Crippen LogP contribution in [0.4, 0.5) is 10.5 Å². The third kappa shape index (κ3) is 4.14. The minimum absolute atomic E-state index is 0.494. The molecule has 128 valence electrons. The van der Waals surface area contributed by atoms with Gasteiger partial charge in [-0.25, -0.2) is 15.6 Å². The number of carbonyl (C=O) groups is 1. The highest BCUT2D eigenvalue weighted by Gasteiger charge is 2.43. The standard InChI is InChI=1S/C16H23ClN2O4/c1-21-16(22-2)11-5-3-4-6-14(16)23-15(20)19(18)13-9-7-12(17)8-10-13/h7-10,14H,3-6,11,18H2,1-2H3. The van der Waals surface area contributed by atoms with Crippen LogP contribution in [-0.2, 0) is 14.2 Å². The quantitative estimate of drug-likeness (QED) is 0.298. The van der Waals surface area contributed by atoms with Crippen LogP contribution in [0, 0.1) is 0 Å². The van der Waals surface area contributed by atoms with Crippen LogP contribution in [-0.4, -0.2) is 32.2 Å². The summed E-state index contributed by atoms with van der Waals surface area (Å²) in [5.41, 5.74) is 0.494. The van der Waals surface area contributed by atoms with Gasteiger partial charge in [0.25, 0.3) is 0 Å². The Morgan fingerprint density at radius 1 is 1.22 bits per heavy atom. The van der Waals surface area contributed by atoms with Crippen molar-refractivity contribution in [3.8, 4) is 0 Å². The Morgan fingerprint density at radius 2 is 1.87 bits per heavy atom. The van der Waals surface area contributed by atoms with Gasteiger partial charge in [0.15, 0.2) is 6.10 Å². The molecule has 1 fully saturated rings. The van der Waals surface area contributed by atoms with Crippen LogP contribution >= 0.6 is 11.6 Å². The smallest absolute Gasteiger partial charge is 0.429 e. The zero-order valence-corrected chi connectivity index (χ0v) is 14.2. The van der Waals surface area contributed by atoms with E-state index in [9.17, 15) is 4.79 Å². The van der Waals surface area contributed by atoms with Gasteiger partial charge in [0.05, 0.1) is 5.69 Å². The number of hydrazine groups is 1. The third-order valence-electron chi connectivity index (χ3n) is 4.22. The van der Waals surface area contributed by atoms with Gasteiger partial charge in [0.2, 0.25) is 5.79 Å². The molecule has 0 aliphatic heterocycles. The molecule has 0 saturated heterocycles. The number of halogens is 1. The average molecular weight is 343 g/mol. The summed E-state index contributed by atoms with van der Waals surface area (Å²) >= 11 is 5.84. The second-order valence-corrected chi connectivity index (χ2v) is 5.97. The van der Waals surface area contributed by atoms with Crippen molar-refractivity contribution < 1.29 is 19.0 Å². The first-order valence-electron chi connectivity index (χ1n) is 7.63. The van der Waals surface area contributed by atoms with E-state index in [1.165, 1.54) is 0 Å². The number of nitrogens with zero attached hydrogens (tertiary/aromatic N) is 1. The summed E-state index contributed by atoms with van der Waals surface area (Å²) in [5.74, 6) is 4.93. The SMILES string of the molecule is COC1(OC)CCCCCC1OC(=O)N(N)c1ccc(Cl)cc1. The fraction of sp³-hybridized carbons (Fsp3) is 0.562. The summed E-state index contributed by atoms with van der Waals surface area (Å²) in [6, 6.07) is 6.61. The van der Waals surface area contributed by atoms with E-state index >= 15 is 0 Å². The Morgan fingerprint density at radius 3 is 2.48 bits per heavy atom. The summed E-state index contributed by atoms with van der Waals surface area (Å²) in [6.07, 6.45) is 3.12. The molecule has 0 aromatic heterocycles. The average Bonchev–Trinajstić information content (AvgIpc) is 2.77. The van der Waals surface area contributed by atoms with Crippen molar-refractivity contribution in [1.29, 1.82) is 0 Å². The third-order valence-corrected chi connectivity index (χ3v) is 4.47. The lowest BCUT2D eigenvalue weighted by Crippen LogP contribution is -2.50. The Bertz CT molecular complexity index is 519. The predicted molar refractivity (Wildman–Crippen MR) is 88.2 cm³/mol. The zero-order chi connectivity index (χ0) is 16.9. The largest absolute Gasteiger partial charge is 0.439 e. The number of methoxy groups -OCH3 is 2. The maximum Gasteiger partial charge on any atom is 0.429 e. The number of nitrogens with two attached hydrogens (primary N) is 1. The molecule has 1 aromatic rings. The van der Waals surface area contributed by atoms with Gasteiger partial charge >= 0.3 is 6.09 Å². The first kappa shape index (κ1) is 18.0. The molecule has 1 unspecified atom stereocenters. The Hall–Kier alpha value is -1.34. The van der Waals surface area contributed by atoms with Crippen LogP contribution in [0.3, 0.4) is 0 Å². The number of hydrogen-bond donors (Lipinski definition) is 1. The molecule has 2 N–H and O–H groups in total. The van der Waals surface area contributed by atoms with E-state index in [1.807, 2.05) is 0 Å². The highest BCUT2D eigenvalue weighted by Crippen LogP contribution is 2.33. The van der Waals surface area contributed by atoms with Gasteiger partial charge in [0, 0.05) is 25.7 Å². The van der Waals surface area contributed by atoms with Crippen LogP contribution < -0.4 is 10.9 Å². The highest BCUT2D eigenvalue weighted by molar-refractivity contribution is 6.30. The summed E-state index contributed by atoms with van der Waals surface area (Å²) in [4.78, 5) is 12.4. The molecule has 1 amide bonds. The minimum atomic E-state index is -0.924. The second-order valence-electron chi connectivity index (χ2n) is 5.54. The van der Waals surface area contributed by atoms with Gasteiger partial charge in [-0.3, -0.25) is 0 Å². The number of hydrogen-bond acceptors (Lipinski definition) is 5. The summed E-state index contributed by atoms with van der Waals surface area (Å²) in [7, 11) is 3.13. The molecule has 0 radical (unpaired) electrons. The van der Waals surface area contributed by atoms with Crippen molar-refractivity contribution >= 4 is 23.4 Å². The molecule has 7 heteroatoms. The molecule has 1 aliphatic carbocycles. The Labute approximate surface area is 141 Å². The summed E-state index contributed by atoms with van der Waals surface area (Å²) in [6.45, 7) is 0. The van der Waals surface area contributed by atoms with E-state index in [4.69, 9.17) is 31.7 Å². The van der Waals surface area contributed by atoms with Gasteiger partial charge in [-0.2, -0.15) is 0 Å². The van der Waals surface area contributed by atoms with Gasteiger partial charge in [0.1, 0.15) is 0 Å². The summed E-state index contributed by atoms with van der Waals surface area (Å²) in [5, 5.41) is 1.52. The predicted octanol–water partition coefficient (Wildman–Crippen LogP) is 3.48. The molecular formula is C16H23ClN2O4. The lowest BCUT2D eigenvalue weighted by molar-refractivity contribution is -0.259. The minimum Gasteiger partial charge on any atom is -0.439 e. The van der Waals surface area contributed by atoms with E-state index in [0.29, 0.717) is 23.6 Å². The molecule has 1 aliphatic rings. The van der Waals surface area contributed by atoms with Crippen molar-refractivity contribution in [2.24, 2.45) is 5.84 Å². The van der Waals surface area contributed by atoms with Crippen LogP contribution in [0.2, 0.25) is 5.02 Å². The molecule has 1 saturated carbocycles. The fourth-order valence-electron chi connectivity index (χ4n) is 2.84. The fourth-order valence-corrected chi connectivity index (χ4v) is 2.97. The highest BCUT2D eigenvalue weighted by atomic mass is 35.5. The first-order chi connectivity index (χ1) is 11.0. The second kappa shape index (κ2) is 7.97. The molecule has 2 rings (SSSR count). The van der Waals surface area contributed by atoms with E-state index < -0.39 is 18.0 Å². The molecule has 6 nitrogen and oxygen atoms in total. The monoisotopic (exact) mass is 342 g/mol. The Balaban J connectivity index is 2.11. The first-order valence-corrected chi connectivity index (χ1v) is 8.01. The van der Waals surface area contributed by atoms with Crippen molar-refractivity contribution in [1.82, 2.24) is 0 Å². The molecule has 0 spiro atoms. The normalized spacial score (nSPS) is 20.6. The van der Waals surface area contributed by atoms with E-state index in [1.54, 1.807) is 38.5 Å². The molecular weight excluding hydrogens is 320 g/mol. The van der Waals surface area contributed by atoms with Crippen LogP contribution in [0.1, 0.15) is 32.1 Å². The Kier molecular flexibility index (Phi) is 6.24. The lowest BCUT2D eigenvalue weighted by atomic mass is 10.0. The van der Waals surface area contributed by atoms with Gasteiger partial charge in [-0.15, -0.1) is 0 Å². The lowest BCUT2D eigenvalue weighted by Gasteiger charge is -2.36. The number of benzene rings is 1. The van der Waals surface area contributed by atoms with Crippen LogP contribution in [0.15, 0.2) is 24.3 Å². The van der Waals surface area contributed by atoms with E-state index in [2.05, 4.69) is 0 Å². The number of carbonyl (C=O) groups excluding carboxylic acids is 1. The molecule has 1 atom stereocenters. The van der Waals surface area contributed by atoms with Crippen LogP contribution in [0.25, 0.3) is 0 Å². The van der Waals surface area contributed by atoms with E-state index in [-0.39, 0.29) is 0 Å². The summed E-state index contributed by atoms with van der Waals surface area (Å²) < 4.78 is 16.7. The van der Waals surface area contributed by atoms with Crippen LogP contribution in [0.5, 0.6) is 0 Å². The molecule has 23 heavy (non-hydrogen) atoms. The van der Waals surface area contributed by atoms with Gasteiger partial charge < -0.3 is 14.2 Å². The van der Waals surface area contributed by atoms with Gasteiger partial charge in [-0.1, -0.05) is 18.0 Å².